The topological polar surface area (TPSA) is 58.8 Å². The highest BCUT2D eigenvalue weighted by Gasteiger charge is 2.20. The predicted molar refractivity (Wildman–Crippen MR) is 71.4 cm³/mol. The zero-order chi connectivity index (χ0) is 13.1. The molecule has 5 heteroatoms. The Kier molecular flexibility index (Phi) is 3.72. The number of carbonyl (C=O) groups excluding carboxylic acids is 1. The predicted octanol–water partition coefficient (Wildman–Crippen LogP) is 1.50. The summed E-state index contributed by atoms with van der Waals surface area (Å²) >= 11 is 0. The van der Waals surface area contributed by atoms with Crippen molar-refractivity contribution >= 4 is 17.3 Å². The van der Waals surface area contributed by atoms with Gasteiger partial charge in [0.15, 0.2) is 0 Å². The summed E-state index contributed by atoms with van der Waals surface area (Å²) in [5, 5.41) is 1.77. The van der Waals surface area contributed by atoms with Gasteiger partial charge in [-0.25, -0.2) is 0 Å². The molecule has 1 aliphatic heterocycles. The molecule has 0 aliphatic carbocycles. The largest absolute Gasteiger partial charge is 0.399 e. The third-order valence-electron chi connectivity index (χ3n) is 2.93. The molecule has 1 amide bonds. The van der Waals surface area contributed by atoms with Crippen molar-refractivity contribution in [3.05, 3.63) is 23.8 Å². The number of nitrogens with two attached hydrogens (primary N) is 1. The van der Waals surface area contributed by atoms with Crippen LogP contribution in [-0.2, 0) is 4.84 Å². The van der Waals surface area contributed by atoms with Gasteiger partial charge in [-0.2, -0.15) is 0 Å². The fourth-order valence-electron chi connectivity index (χ4n) is 1.96. The van der Waals surface area contributed by atoms with Gasteiger partial charge in [-0.3, -0.25) is 14.7 Å². The molecule has 0 atom stereocenters. The van der Waals surface area contributed by atoms with Gasteiger partial charge in [-0.1, -0.05) is 0 Å². The van der Waals surface area contributed by atoms with Crippen LogP contribution in [-0.4, -0.2) is 38.1 Å². The maximum atomic E-state index is 12.1. The Morgan fingerprint density at radius 3 is 2.78 bits per heavy atom. The van der Waals surface area contributed by atoms with Crippen molar-refractivity contribution in [3.8, 4) is 0 Å². The molecule has 1 aromatic rings. The molecule has 1 heterocycles. The number of benzene rings is 1. The molecule has 5 nitrogen and oxygen atoms in total. The average molecular weight is 249 g/mol. The van der Waals surface area contributed by atoms with Gasteiger partial charge in [0.2, 0.25) is 0 Å². The molecular weight excluding hydrogens is 230 g/mol. The number of nitrogen functional groups attached to an aromatic ring is 1. The minimum Gasteiger partial charge on any atom is -0.399 e. The first kappa shape index (κ1) is 12.7. The second-order valence-electron chi connectivity index (χ2n) is 4.62. The van der Waals surface area contributed by atoms with Crippen molar-refractivity contribution in [1.82, 2.24) is 4.90 Å². The number of anilines is 2. The molecule has 0 spiro atoms. The van der Waals surface area contributed by atoms with Crippen LogP contribution in [0.15, 0.2) is 18.2 Å². The summed E-state index contributed by atoms with van der Waals surface area (Å²) < 4.78 is 0. The summed E-state index contributed by atoms with van der Waals surface area (Å²) in [6.45, 7) is 1.47. The van der Waals surface area contributed by atoms with Gasteiger partial charge in [-0.15, -0.1) is 0 Å². The van der Waals surface area contributed by atoms with Crippen LogP contribution in [0.5, 0.6) is 0 Å². The van der Waals surface area contributed by atoms with Gasteiger partial charge in [-0.05, 0) is 31.0 Å². The Morgan fingerprint density at radius 2 is 2.17 bits per heavy atom. The summed E-state index contributed by atoms with van der Waals surface area (Å²) in [7, 11) is 3.47. The molecule has 0 bridgehead atoms. The third kappa shape index (κ3) is 2.56. The van der Waals surface area contributed by atoms with Crippen LogP contribution in [0, 0.1) is 0 Å². The summed E-state index contributed by atoms with van der Waals surface area (Å²) in [4.78, 5) is 19.3. The zero-order valence-electron chi connectivity index (χ0n) is 10.8. The van der Waals surface area contributed by atoms with E-state index in [-0.39, 0.29) is 5.91 Å². The van der Waals surface area contributed by atoms with Gasteiger partial charge >= 0.3 is 0 Å². The van der Waals surface area contributed by atoms with E-state index in [1.807, 2.05) is 0 Å². The van der Waals surface area contributed by atoms with Crippen molar-refractivity contribution < 1.29 is 9.63 Å². The molecule has 18 heavy (non-hydrogen) atoms. The highest BCUT2D eigenvalue weighted by molar-refractivity contribution is 6.00. The highest BCUT2D eigenvalue weighted by atomic mass is 16.7. The number of amides is 1. The van der Waals surface area contributed by atoms with Gasteiger partial charge in [0.1, 0.15) is 0 Å². The average Bonchev–Trinajstić information content (AvgIpc) is 2.39. The van der Waals surface area contributed by atoms with Crippen molar-refractivity contribution in [1.29, 1.82) is 0 Å². The fourth-order valence-corrected chi connectivity index (χ4v) is 1.96. The smallest absolute Gasteiger partial charge is 0.255 e. The molecule has 1 aromatic carbocycles. The van der Waals surface area contributed by atoms with Crippen molar-refractivity contribution in [2.45, 2.75) is 12.8 Å². The maximum Gasteiger partial charge on any atom is 0.255 e. The lowest BCUT2D eigenvalue weighted by Gasteiger charge is -2.30. The van der Waals surface area contributed by atoms with E-state index in [0.717, 1.165) is 25.1 Å². The van der Waals surface area contributed by atoms with Gasteiger partial charge in [0, 0.05) is 26.3 Å². The van der Waals surface area contributed by atoms with Crippen LogP contribution < -0.4 is 10.8 Å². The molecule has 0 radical (unpaired) electrons. The number of hydroxylamine groups is 1. The van der Waals surface area contributed by atoms with E-state index in [9.17, 15) is 4.79 Å². The van der Waals surface area contributed by atoms with E-state index in [4.69, 9.17) is 10.6 Å². The molecule has 0 aromatic heterocycles. The number of carbonyl (C=O) groups is 1. The van der Waals surface area contributed by atoms with E-state index in [2.05, 4.69) is 0 Å². The van der Waals surface area contributed by atoms with Crippen LogP contribution in [0.4, 0.5) is 11.4 Å². The summed E-state index contributed by atoms with van der Waals surface area (Å²) in [5.41, 5.74) is 7.82. The molecule has 1 saturated heterocycles. The maximum absolute atomic E-state index is 12.1. The van der Waals surface area contributed by atoms with Crippen LogP contribution in [0.2, 0.25) is 0 Å². The van der Waals surface area contributed by atoms with E-state index < -0.39 is 0 Å². The Labute approximate surface area is 107 Å². The van der Waals surface area contributed by atoms with Gasteiger partial charge in [0.25, 0.3) is 5.91 Å². The molecular formula is C13H19N3O2. The van der Waals surface area contributed by atoms with Gasteiger partial charge in [0.05, 0.1) is 17.9 Å². The molecule has 0 saturated carbocycles. The summed E-state index contributed by atoms with van der Waals surface area (Å²) in [6.07, 6.45) is 2.11. The van der Waals surface area contributed by atoms with E-state index in [0.29, 0.717) is 17.9 Å². The van der Waals surface area contributed by atoms with E-state index in [1.54, 1.807) is 42.3 Å². The molecule has 2 rings (SSSR count). The number of nitrogens with zero attached hydrogens (tertiary/aromatic N) is 2. The standard InChI is InChI=1S/C13H19N3O2/c1-15(2)13(17)11-6-5-10(14)9-12(11)16-7-3-4-8-18-16/h5-6,9H,3-4,7-8,14H2,1-2H3. The summed E-state index contributed by atoms with van der Waals surface area (Å²) in [5.74, 6) is -0.0424. The molecule has 1 aliphatic rings. The van der Waals surface area contributed by atoms with Crippen LogP contribution >= 0.6 is 0 Å². The van der Waals surface area contributed by atoms with Crippen LogP contribution in [0.1, 0.15) is 23.2 Å². The quantitative estimate of drug-likeness (QED) is 0.807. The minimum atomic E-state index is -0.0424. The van der Waals surface area contributed by atoms with Crippen molar-refractivity contribution in [2.75, 3.05) is 38.0 Å². The Bertz CT molecular complexity index is 440. The van der Waals surface area contributed by atoms with E-state index >= 15 is 0 Å². The van der Waals surface area contributed by atoms with E-state index in [1.165, 1.54) is 0 Å². The molecule has 0 unspecified atom stereocenters. The minimum absolute atomic E-state index is 0.0424. The van der Waals surface area contributed by atoms with Gasteiger partial charge < -0.3 is 10.6 Å². The number of hydrogen-bond donors (Lipinski definition) is 1. The third-order valence-corrected chi connectivity index (χ3v) is 2.93. The second-order valence-corrected chi connectivity index (χ2v) is 4.62. The first-order valence-corrected chi connectivity index (χ1v) is 6.11. The Morgan fingerprint density at radius 1 is 1.39 bits per heavy atom. The first-order valence-electron chi connectivity index (χ1n) is 6.11. The molecule has 1 fully saturated rings. The second kappa shape index (κ2) is 5.27. The Hall–Kier alpha value is -1.75. The first-order chi connectivity index (χ1) is 8.59. The fraction of sp³-hybridized carbons (Fsp3) is 0.462. The SMILES string of the molecule is CN(C)C(=O)c1ccc(N)cc1N1CCCCO1. The van der Waals surface area contributed by atoms with Crippen LogP contribution in [0.3, 0.4) is 0 Å². The normalized spacial score (nSPS) is 15.6. The lowest BCUT2D eigenvalue weighted by molar-refractivity contribution is 0.0742. The lowest BCUT2D eigenvalue weighted by atomic mass is 10.1. The lowest BCUT2D eigenvalue weighted by Crippen LogP contribution is -2.32. The zero-order valence-corrected chi connectivity index (χ0v) is 10.8. The van der Waals surface area contributed by atoms with Crippen molar-refractivity contribution in [3.63, 3.8) is 0 Å². The number of rotatable bonds is 2. The Balaban J connectivity index is 2.36. The molecule has 98 valence electrons. The van der Waals surface area contributed by atoms with Crippen molar-refractivity contribution in [2.24, 2.45) is 0 Å². The number of hydrogen-bond acceptors (Lipinski definition) is 4. The monoisotopic (exact) mass is 249 g/mol. The molecule has 2 N–H and O–H groups in total. The van der Waals surface area contributed by atoms with Crippen LogP contribution in [0.25, 0.3) is 0 Å². The summed E-state index contributed by atoms with van der Waals surface area (Å²) in [6, 6.07) is 5.29. The highest BCUT2D eigenvalue weighted by Crippen LogP contribution is 2.27.